The van der Waals surface area contributed by atoms with Crippen LogP contribution in [0.1, 0.15) is 73.7 Å². The molecule has 2 unspecified atom stereocenters. The zero-order valence-corrected chi connectivity index (χ0v) is 20.7. The summed E-state index contributed by atoms with van der Waals surface area (Å²) in [5.41, 5.74) is 7.00. The van der Waals surface area contributed by atoms with Crippen LogP contribution in [0.3, 0.4) is 0 Å². The van der Waals surface area contributed by atoms with Gasteiger partial charge in [-0.2, -0.15) is 0 Å². The molecule has 2 aromatic carbocycles. The molecular weight excluding hydrogens is 432 g/mol. The zero-order valence-electron chi connectivity index (χ0n) is 20.7. The van der Waals surface area contributed by atoms with Gasteiger partial charge in [0.1, 0.15) is 24.4 Å². The lowest BCUT2D eigenvalue weighted by molar-refractivity contribution is -0.373. The van der Waals surface area contributed by atoms with E-state index in [1.165, 1.54) is 22.3 Å². The second kappa shape index (κ2) is 11.3. The Kier molecular flexibility index (Phi) is 8.40. The van der Waals surface area contributed by atoms with E-state index in [9.17, 15) is 10.2 Å². The van der Waals surface area contributed by atoms with E-state index in [0.717, 1.165) is 36.8 Å². The van der Waals surface area contributed by atoms with Crippen molar-refractivity contribution in [3.05, 3.63) is 69.8 Å². The number of ether oxygens (including phenoxy) is 4. The minimum atomic E-state index is -1.09. The highest BCUT2D eigenvalue weighted by Crippen LogP contribution is 2.39. The van der Waals surface area contributed by atoms with Gasteiger partial charge in [-0.25, -0.2) is 0 Å². The Morgan fingerprint density at radius 1 is 0.765 bits per heavy atom. The molecule has 6 atom stereocenters. The van der Waals surface area contributed by atoms with Crippen molar-refractivity contribution >= 4 is 0 Å². The summed E-state index contributed by atoms with van der Waals surface area (Å²) in [5.74, 6) is 0. The number of rotatable bonds is 8. The maximum absolute atomic E-state index is 10.6. The second-order valence-electron chi connectivity index (χ2n) is 9.09. The average molecular weight is 471 g/mol. The summed E-state index contributed by atoms with van der Waals surface area (Å²) in [6.07, 6.45) is -0.250. The van der Waals surface area contributed by atoms with Gasteiger partial charge in [-0.1, -0.05) is 64.1 Å². The lowest BCUT2D eigenvalue weighted by Crippen LogP contribution is -2.58. The number of aliphatic hydroxyl groups excluding tert-OH is 2. The maximum atomic E-state index is 10.6. The normalized spacial score (nSPS) is 27.9. The molecule has 0 bridgehead atoms. The summed E-state index contributed by atoms with van der Waals surface area (Å²) in [6.45, 7) is 8.47. The van der Waals surface area contributed by atoms with E-state index in [0.29, 0.717) is 6.61 Å². The second-order valence-corrected chi connectivity index (χ2v) is 9.09. The summed E-state index contributed by atoms with van der Waals surface area (Å²) < 4.78 is 24.9. The molecule has 0 saturated carbocycles. The first-order valence-electron chi connectivity index (χ1n) is 12.6. The number of hydrogen-bond donors (Lipinski definition) is 2. The monoisotopic (exact) mass is 470 g/mol. The Morgan fingerprint density at radius 2 is 1.32 bits per heavy atom. The van der Waals surface area contributed by atoms with Gasteiger partial charge in [0, 0.05) is 11.1 Å². The number of aliphatic hydroxyl groups is 2. The number of benzene rings is 2. The van der Waals surface area contributed by atoms with Crippen LogP contribution in [0.2, 0.25) is 0 Å². The van der Waals surface area contributed by atoms with Crippen LogP contribution in [0, 0.1) is 0 Å². The summed E-state index contributed by atoms with van der Waals surface area (Å²) in [4.78, 5) is 0. The maximum Gasteiger partial charge on any atom is 0.184 e. The molecule has 2 heterocycles. The molecule has 6 nitrogen and oxygen atoms in total. The highest BCUT2D eigenvalue weighted by Gasteiger charge is 2.48. The quantitative estimate of drug-likeness (QED) is 0.603. The fourth-order valence-corrected chi connectivity index (χ4v) is 5.04. The third kappa shape index (κ3) is 5.08. The minimum absolute atomic E-state index is 0.314. The fraction of sp³-hybridized carbons (Fsp3) is 0.571. The van der Waals surface area contributed by atoms with Gasteiger partial charge < -0.3 is 29.2 Å². The van der Waals surface area contributed by atoms with Crippen LogP contribution in [0.4, 0.5) is 0 Å². The molecule has 2 aromatic rings. The molecular formula is C28H38O6. The van der Waals surface area contributed by atoms with Gasteiger partial charge >= 0.3 is 0 Å². The van der Waals surface area contributed by atoms with Gasteiger partial charge in [0.05, 0.1) is 13.2 Å². The van der Waals surface area contributed by atoms with E-state index in [4.69, 9.17) is 18.9 Å². The first kappa shape index (κ1) is 25.3. The Balaban J connectivity index is 1.57. The van der Waals surface area contributed by atoms with Crippen molar-refractivity contribution in [3.8, 4) is 0 Å². The Hall–Kier alpha value is -1.80. The number of aryl methyl sites for hydroxylation is 4. The molecule has 186 valence electrons. The molecule has 0 aromatic heterocycles. The van der Waals surface area contributed by atoms with E-state index < -0.39 is 43.6 Å². The van der Waals surface area contributed by atoms with Gasteiger partial charge in [-0.15, -0.1) is 0 Å². The van der Waals surface area contributed by atoms with E-state index in [1.807, 2.05) is 12.1 Å². The summed E-state index contributed by atoms with van der Waals surface area (Å²) >= 11 is 0. The van der Waals surface area contributed by atoms with Gasteiger partial charge in [0.15, 0.2) is 12.6 Å². The van der Waals surface area contributed by atoms with Crippen molar-refractivity contribution in [3.63, 3.8) is 0 Å². The molecule has 0 aliphatic carbocycles. The van der Waals surface area contributed by atoms with Gasteiger partial charge in [0.2, 0.25) is 0 Å². The molecule has 0 amide bonds. The Bertz CT molecular complexity index is 958. The molecule has 0 radical (unpaired) electrons. The molecule has 2 N–H and O–H groups in total. The largest absolute Gasteiger partial charge is 0.394 e. The van der Waals surface area contributed by atoms with E-state index in [2.05, 4.69) is 52.0 Å². The van der Waals surface area contributed by atoms with Crippen molar-refractivity contribution in [2.75, 3.05) is 13.2 Å². The summed E-state index contributed by atoms with van der Waals surface area (Å²) in [5, 5.41) is 20.4. The highest BCUT2D eigenvalue weighted by atomic mass is 16.8. The van der Waals surface area contributed by atoms with Crippen LogP contribution in [0.5, 0.6) is 0 Å². The van der Waals surface area contributed by atoms with E-state index in [-0.39, 0.29) is 0 Å². The van der Waals surface area contributed by atoms with Crippen LogP contribution in [0.25, 0.3) is 0 Å². The molecule has 34 heavy (non-hydrogen) atoms. The van der Waals surface area contributed by atoms with Gasteiger partial charge in [0.25, 0.3) is 0 Å². The molecule has 0 spiro atoms. The third-order valence-corrected chi connectivity index (χ3v) is 7.06. The van der Waals surface area contributed by atoms with Crippen molar-refractivity contribution in [1.29, 1.82) is 0 Å². The summed E-state index contributed by atoms with van der Waals surface area (Å²) in [6, 6.07) is 12.5. The van der Waals surface area contributed by atoms with Crippen LogP contribution in [-0.2, 0) is 44.6 Å². The van der Waals surface area contributed by atoms with Crippen molar-refractivity contribution < 1.29 is 29.2 Å². The summed E-state index contributed by atoms with van der Waals surface area (Å²) in [7, 11) is 0. The highest BCUT2D eigenvalue weighted by molar-refractivity contribution is 5.34. The fourth-order valence-electron chi connectivity index (χ4n) is 5.04. The molecule has 2 aliphatic heterocycles. The van der Waals surface area contributed by atoms with Gasteiger partial charge in [-0.05, 0) is 47.9 Å². The molecule has 2 fully saturated rings. The Morgan fingerprint density at radius 3 is 1.85 bits per heavy atom. The predicted molar refractivity (Wildman–Crippen MR) is 130 cm³/mol. The van der Waals surface area contributed by atoms with E-state index in [1.54, 1.807) is 0 Å². The molecule has 2 aliphatic rings. The smallest absolute Gasteiger partial charge is 0.184 e. The van der Waals surface area contributed by atoms with Gasteiger partial charge in [-0.3, -0.25) is 0 Å². The lowest BCUT2D eigenvalue weighted by atomic mass is 9.97. The zero-order chi connectivity index (χ0) is 24.2. The SMILES string of the molecule is CCc1ccc(C2OC[C@@H]3OC(c4ccc(CC)c(CC)c4)O[C@H]([C@H](O)CO)[C@@H]3O2)cc1CC. The average Bonchev–Trinajstić information content (AvgIpc) is 2.90. The topological polar surface area (TPSA) is 77.4 Å². The van der Waals surface area contributed by atoms with Crippen molar-refractivity contribution in [1.82, 2.24) is 0 Å². The van der Waals surface area contributed by atoms with Crippen LogP contribution < -0.4 is 0 Å². The predicted octanol–water partition coefficient (Wildman–Crippen LogP) is 4.19. The number of hydrogen-bond acceptors (Lipinski definition) is 6. The van der Waals surface area contributed by atoms with Crippen LogP contribution in [-0.4, -0.2) is 47.8 Å². The Labute approximate surface area is 202 Å². The van der Waals surface area contributed by atoms with E-state index >= 15 is 0 Å². The van der Waals surface area contributed by atoms with Crippen molar-refractivity contribution in [2.24, 2.45) is 0 Å². The first-order valence-corrected chi connectivity index (χ1v) is 12.6. The molecule has 4 rings (SSSR count). The number of fused-ring (bicyclic) bond motifs is 1. The first-order chi connectivity index (χ1) is 16.5. The molecule has 6 heteroatoms. The lowest BCUT2D eigenvalue weighted by Gasteiger charge is -2.47. The van der Waals surface area contributed by atoms with Crippen molar-refractivity contribution in [2.45, 2.75) is 90.4 Å². The van der Waals surface area contributed by atoms with Crippen LogP contribution >= 0.6 is 0 Å². The standard InChI is InChI=1S/C28H38O6/c1-5-17-9-11-21(13-19(17)7-3)27-31-16-24-26(34-27)25(23(30)15-29)33-28(32-24)22-12-10-18(6-2)20(8-4)14-22/h9-14,23-30H,5-8,15-16H2,1-4H3/t23-,24+,25-,26-,27?,28?/m1/s1. The molecule has 2 saturated heterocycles. The minimum Gasteiger partial charge on any atom is -0.394 e. The third-order valence-electron chi connectivity index (χ3n) is 7.06. The van der Waals surface area contributed by atoms with Crippen LogP contribution in [0.15, 0.2) is 36.4 Å².